The van der Waals surface area contributed by atoms with E-state index in [0.29, 0.717) is 32.3 Å². The summed E-state index contributed by atoms with van der Waals surface area (Å²) in [6.45, 7) is 7.02. The number of aromatic nitrogens is 1. The quantitative estimate of drug-likeness (QED) is 0.305. The third kappa shape index (κ3) is 5.08. The van der Waals surface area contributed by atoms with Crippen LogP contribution in [0.3, 0.4) is 0 Å². The highest BCUT2D eigenvalue weighted by Gasteiger charge is 2.27. The van der Waals surface area contributed by atoms with Crippen molar-refractivity contribution in [3.8, 4) is 17.2 Å². The summed E-state index contributed by atoms with van der Waals surface area (Å²) < 4.78 is 0. The maximum Gasteiger partial charge on any atom is 0.263 e. The second kappa shape index (κ2) is 10.8. The number of nitrogens with one attached hydrogen (secondary N) is 1. The lowest BCUT2D eigenvalue weighted by Gasteiger charge is -2.32. The molecule has 2 aromatic heterocycles. The fourth-order valence-electron chi connectivity index (χ4n) is 5.10. The maximum atomic E-state index is 13.4. The van der Waals surface area contributed by atoms with Crippen molar-refractivity contribution < 1.29 is 4.79 Å². The van der Waals surface area contributed by atoms with Crippen molar-refractivity contribution in [2.45, 2.75) is 45.2 Å². The van der Waals surface area contributed by atoms with Crippen LogP contribution in [-0.2, 0) is 6.54 Å². The lowest BCUT2D eigenvalue weighted by atomic mass is 9.94. The summed E-state index contributed by atoms with van der Waals surface area (Å²) >= 11 is 1.23. The first kappa shape index (κ1) is 25.7. The lowest BCUT2D eigenvalue weighted by molar-refractivity contribution is 0.0914. The van der Waals surface area contributed by atoms with E-state index in [0.717, 1.165) is 38.0 Å². The Bertz CT molecular complexity index is 1500. The molecule has 8 heteroatoms. The summed E-state index contributed by atoms with van der Waals surface area (Å²) in [4.78, 5) is 21.2. The molecule has 3 heterocycles. The van der Waals surface area contributed by atoms with Crippen LogP contribution in [0, 0.1) is 11.3 Å². The minimum Gasteiger partial charge on any atom is -0.397 e. The fraction of sp³-hybridized carbons (Fsp3) is 0.300. The molecule has 1 amide bonds. The first-order valence-corrected chi connectivity index (χ1v) is 13.8. The molecule has 0 radical (unpaired) electrons. The van der Waals surface area contributed by atoms with Crippen LogP contribution in [0.15, 0.2) is 54.6 Å². The first-order valence-electron chi connectivity index (χ1n) is 12.9. The molecule has 0 bridgehead atoms. The number of likely N-dealkylation sites (tertiary alicyclic amines) is 1. The standard InChI is InChI=1S/C30H32N6OS/c1-18(2)20-8-10-21(11-9-20)24-23(16-31)28(33)35-30-25(24)26(32)27(38-30)29(37)34-22-12-14-36(15-13-22)17-19-6-4-3-5-7-19/h3-11,18,22H,12-15,17,32H2,1-2H3,(H2,33,35)(H,34,37). The van der Waals surface area contributed by atoms with Gasteiger partial charge in [0.25, 0.3) is 5.91 Å². The predicted molar refractivity (Wildman–Crippen MR) is 155 cm³/mol. The fourth-order valence-corrected chi connectivity index (χ4v) is 6.12. The summed E-state index contributed by atoms with van der Waals surface area (Å²) in [6.07, 6.45) is 1.75. The lowest BCUT2D eigenvalue weighted by Crippen LogP contribution is -2.44. The maximum absolute atomic E-state index is 13.4. The Kier molecular flexibility index (Phi) is 7.32. The molecule has 1 fully saturated rings. The monoisotopic (exact) mass is 524 g/mol. The number of pyridine rings is 1. The van der Waals surface area contributed by atoms with Gasteiger partial charge in [-0.15, -0.1) is 11.3 Å². The van der Waals surface area contributed by atoms with Crippen molar-refractivity contribution in [2.75, 3.05) is 24.6 Å². The van der Waals surface area contributed by atoms with Crippen LogP contribution in [0.25, 0.3) is 21.3 Å². The van der Waals surface area contributed by atoms with Gasteiger partial charge in [0.15, 0.2) is 0 Å². The molecule has 0 saturated carbocycles. The molecule has 7 nitrogen and oxygen atoms in total. The normalized spacial score (nSPS) is 14.6. The van der Waals surface area contributed by atoms with Gasteiger partial charge in [-0.25, -0.2) is 4.98 Å². The smallest absolute Gasteiger partial charge is 0.263 e. The van der Waals surface area contributed by atoms with E-state index < -0.39 is 0 Å². The number of hydrogen-bond donors (Lipinski definition) is 3. The molecule has 5 rings (SSSR count). The highest BCUT2D eigenvalue weighted by molar-refractivity contribution is 7.21. The molecule has 194 valence electrons. The Labute approximate surface area is 227 Å². The average molecular weight is 525 g/mol. The zero-order chi connectivity index (χ0) is 26.8. The molecule has 0 unspecified atom stereocenters. The number of nitrogen functional groups attached to an aromatic ring is 2. The summed E-state index contributed by atoms with van der Waals surface area (Å²) in [6, 6.07) is 20.8. The number of rotatable bonds is 6. The van der Waals surface area contributed by atoms with E-state index in [1.807, 2.05) is 30.3 Å². The van der Waals surface area contributed by atoms with Crippen LogP contribution in [0.2, 0.25) is 0 Å². The van der Waals surface area contributed by atoms with E-state index in [1.54, 1.807) is 0 Å². The molecular formula is C30H32N6OS. The molecule has 1 aliphatic rings. The largest absolute Gasteiger partial charge is 0.397 e. The Morgan fingerprint density at radius 1 is 1.13 bits per heavy atom. The summed E-state index contributed by atoms with van der Waals surface area (Å²) in [5, 5.41) is 13.7. The summed E-state index contributed by atoms with van der Waals surface area (Å²) in [5.74, 6) is 0.320. The van der Waals surface area contributed by atoms with Gasteiger partial charge in [0.2, 0.25) is 0 Å². The third-order valence-corrected chi connectivity index (χ3v) is 8.36. The van der Waals surface area contributed by atoms with Gasteiger partial charge in [-0.2, -0.15) is 5.26 Å². The van der Waals surface area contributed by atoms with Gasteiger partial charge in [-0.3, -0.25) is 9.69 Å². The highest BCUT2D eigenvalue weighted by Crippen LogP contribution is 2.42. The number of nitrogens with zero attached hydrogens (tertiary/aromatic N) is 3. The number of benzene rings is 2. The number of thiophene rings is 1. The highest BCUT2D eigenvalue weighted by atomic mass is 32.1. The number of anilines is 2. The Morgan fingerprint density at radius 3 is 2.45 bits per heavy atom. The van der Waals surface area contributed by atoms with Crippen molar-refractivity contribution in [1.82, 2.24) is 15.2 Å². The second-order valence-electron chi connectivity index (χ2n) is 10.2. The molecular weight excluding hydrogens is 492 g/mol. The van der Waals surface area contributed by atoms with E-state index >= 15 is 0 Å². The van der Waals surface area contributed by atoms with Gasteiger partial charge in [0.05, 0.1) is 5.69 Å². The molecule has 0 spiro atoms. The number of nitriles is 1. The van der Waals surface area contributed by atoms with Crippen LogP contribution in [0.5, 0.6) is 0 Å². The summed E-state index contributed by atoms with van der Waals surface area (Å²) in [7, 11) is 0. The zero-order valence-corrected chi connectivity index (χ0v) is 22.5. The van der Waals surface area contributed by atoms with Crippen molar-refractivity contribution in [1.29, 1.82) is 5.26 Å². The number of nitrogens with two attached hydrogens (primary N) is 2. The third-order valence-electron chi connectivity index (χ3n) is 7.26. The molecule has 4 aromatic rings. The minimum atomic E-state index is -0.204. The van der Waals surface area contributed by atoms with E-state index in [-0.39, 0.29) is 23.3 Å². The SMILES string of the molecule is CC(C)c1ccc(-c2c(C#N)c(N)nc3sc(C(=O)NC4CCN(Cc5ccccc5)CC4)c(N)c23)cc1. The van der Waals surface area contributed by atoms with E-state index in [4.69, 9.17) is 11.5 Å². The Hall–Kier alpha value is -3.93. The predicted octanol–water partition coefficient (Wildman–Crippen LogP) is 5.52. The molecule has 1 aliphatic heterocycles. The second-order valence-corrected chi connectivity index (χ2v) is 11.2. The molecule has 38 heavy (non-hydrogen) atoms. The van der Waals surface area contributed by atoms with E-state index in [9.17, 15) is 10.1 Å². The van der Waals surface area contributed by atoms with Crippen LogP contribution < -0.4 is 16.8 Å². The number of carbonyl (C=O) groups excluding carboxylic acids is 1. The van der Waals surface area contributed by atoms with E-state index in [2.05, 4.69) is 59.4 Å². The van der Waals surface area contributed by atoms with Crippen molar-refractivity contribution in [3.63, 3.8) is 0 Å². The summed E-state index contributed by atoms with van der Waals surface area (Å²) in [5.41, 5.74) is 17.4. The number of hydrogen-bond acceptors (Lipinski definition) is 7. The van der Waals surface area contributed by atoms with Crippen molar-refractivity contribution in [2.24, 2.45) is 0 Å². The van der Waals surface area contributed by atoms with Crippen LogP contribution >= 0.6 is 11.3 Å². The Balaban J connectivity index is 1.38. The van der Waals surface area contributed by atoms with Crippen LogP contribution in [0.1, 0.15) is 59.0 Å². The molecule has 0 aliphatic carbocycles. The number of piperidine rings is 1. The van der Waals surface area contributed by atoms with Gasteiger partial charge >= 0.3 is 0 Å². The Morgan fingerprint density at radius 2 is 1.82 bits per heavy atom. The molecule has 5 N–H and O–H groups in total. The van der Waals surface area contributed by atoms with Crippen LogP contribution in [0.4, 0.5) is 11.5 Å². The van der Waals surface area contributed by atoms with Gasteiger partial charge in [-0.1, -0.05) is 68.4 Å². The van der Waals surface area contributed by atoms with Gasteiger partial charge in [-0.05, 0) is 35.4 Å². The number of fused-ring (bicyclic) bond motifs is 1. The van der Waals surface area contributed by atoms with Gasteiger partial charge in [0, 0.05) is 36.6 Å². The average Bonchev–Trinajstić information content (AvgIpc) is 3.25. The number of carbonyl (C=O) groups is 1. The zero-order valence-electron chi connectivity index (χ0n) is 21.7. The first-order chi connectivity index (χ1) is 18.4. The van der Waals surface area contributed by atoms with Gasteiger partial charge < -0.3 is 16.8 Å². The van der Waals surface area contributed by atoms with Crippen molar-refractivity contribution in [3.05, 3.63) is 76.2 Å². The van der Waals surface area contributed by atoms with Gasteiger partial charge in [0.1, 0.15) is 27.2 Å². The topological polar surface area (TPSA) is 121 Å². The molecule has 0 atom stereocenters. The van der Waals surface area contributed by atoms with E-state index in [1.165, 1.54) is 22.5 Å². The minimum absolute atomic E-state index is 0.0786. The van der Waals surface area contributed by atoms with Crippen molar-refractivity contribution >= 4 is 39.0 Å². The van der Waals surface area contributed by atoms with Crippen LogP contribution in [-0.4, -0.2) is 34.9 Å². The molecule has 1 saturated heterocycles. The molecule has 2 aromatic carbocycles. The number of amides is 1.